The zero-order valence-electron chi connectivity index (χ0n) is 17.7. The molecular weight excluding hydrogens is 432 g/mol. The number of ether oxygens (including phenoxy) is 2. The van der Waals surface area contributed by atoms with Gasteiger partial charge < -0.3 is 24.8 Å². The summed E-state index contributed by atoms with van der Waals surface area (Å²) >= 11 is 1.24. The molecule has 32 heavy (non-hydrogen) atoms. The fraction of sp³-hybridized carbons (Fsp3) is 0.429. The zero-order chi connectivity index (χ0) is 22.1. The van der Waals surface area contributed by atoms with E-state index in [9.17, 15) is 9.90 Å². The number of methoxy groups -OCH3 is 1. The largest absolute Gasteiger partial charge is 0.491 e. The third kappa shape index (κ3) is 3.94. The van der Waals surface area contributed by atoms with Crippen LogP contribution in [0.4, 0.5) is 5.82 Å². The Labute approximate surface area is 188 Å². The fourth-order valence-electron chi connectivity index (χ4n) is 3.91. The Morgan fingerprint density at radius 2 is 2.25 bits per heavy atom. The Bertz CT molecular complexity index is 1210. The molecule has 2 aliphatic heterocycles. The van der Waals surface area contributed by atoms with Crippen molar-refractivity contribution in [1.82, 2.24) is 19.4 Å². The van der Waals surface area contributed by atoms with Gasteiger partial charge in [-0.1, -0.05) is 0 Å². The van der Waals surface area contributed by atoms with Gasteiger partial charge in [-0.25, -0.2) is 4.98 Å². The summed E-state index contributed by atoms with van der Waals surface area (Å²) in [4.78, 5) is 28.1. The normalized spacial score (nSPS) is 17.0. The van der Waals surface area contributed by atoms with E-state index in [1.165, 1.54) is 24.0 Å². The Balaban J connectivity index is 1.51. The van der Waals surface area contributed by atoms with Crippen molar-refractivity contribution in [3.63, 3.8) is 0 Å². The van der Waals surface area contributed by atoms with E-state index in [1.807, 2.05) is 16.7 Å². The lowest BCUT2D eigenvalue weighted by atomic mass is 10.2. The van der Waals surface area contributed by atoms with E-state index in [2.05, 4.69) is 25.2 Å². The highest BCUT2D eigenvalue weighted by Gasteiger charge is 2.22. The maximum absolute atomic E-state index is 12.6. The molecule has 0 unspecified atom stereocenters. The van der Waals surface area contributed by atoms with E-state index in [4.69, 9.17) is 9.47 Å². The first kappa shape index (κ1) is 20.9. The molecule has 4 heterocycles. The second-order valence-corrected chi connectivity index (χ2v) is 8.62. The van der Waals surface area contributed by atoms with Crippen LogP contribution < -0.4 is 20.4 Å². The smallest absolute Gasteiger partial charge is 0.291 e. The number of carbonyl (C=O) groups is 1. The van der Waals surface area contributed by atoms with Gasteiger partial charge in [0.1, 0.15) is 28.9 Å². The lowest BCUT2D eigenvalue weighted by Gasteiger charge is -2.32. The maximum atomic E-state index is 12.6. The molecule has 0 radical (unpaired) electrons. The number of thiazole rings is 1. The van der Waals surface area contributed by atoms with Crippen molar-refractivity contribution in [3.8, 4) is 11.5 Å². The van der Waals surface area contributed by atoms with Crippen molar-refractivity contribution in [1.29, 1.82) is 0 Å². The average Bonchev–Trinajstić information content (AvgIpc) is 3.47. The van der Waals surface area contributed by atoms with Crippen LogP contribution in [0.1, 0.15) is 16.1 Å². The number of anilines is 1. The fourth-order valence-corrected chi connectivity index (χ4v) is 4.42. The van der Waals surface area contributed by atoms with Crippen LogP contribution in [0.2, 0.25) is 0 Å². The Morgan fingerprint density at radius 1 is 1.38 bits per heavy atom. The molecule has 0 aliphatic carbocycles. The van der Waals surface area contributed by atoms with Crippen LogP contribution in [0, 0.1) is 0 Å². The number of hydrogen-bond donors (Lipinski definition) is 2. The summed E-state index contributed by atoms with van der Waals surface area (Å²) in [5.41, 5.74) is 2.43. The number of rotatable bonds is 7. The molecule has 168 valence electrons. The van der Waals surface area contributed by atoms with Crippen LogP contribution in [0.5, 0.6) is 11.5 Å². The second kappa shape index (κ2) is 8.85. The van der Waals surface area contributed by atoms with Gasteiger partial charge >= 0.3 is 0 Å². The van der Waals surface area contributed by atoms with Crippen molar-refractivity contribution < 1.29 is 19.4 Å². The van der Waals surface area contributed by atoms with Gasteiger partial charge in [0.15, 0.2) is 11.5 Å². The number of amides is 1. The van der Waals surface area contributed by atoms with Crippen LogP contribution in [0.3, 0.4) is 0 Å². The summed E-state index contributed by atoms with van der Waals surface area (Å²) in [5, 5.41) is 14.5. The molecule has 1 amide bonds. The topological polar surface area (TPSA) is 114 Å². The van der Waals surface area contributed by atoms with E-state index in [0.29, 0.717) is 47.1 Å². The SMILES string of the molecule is COc1c(OC[C@@H](O)CN2CCC2)ccc2c3n(c(=NC(=O)c4cncs4)nc12)CCN3. The molecule has 1 atom stereocenters. The molecule has 1 aromatic carbocycles. The van der Waals surface area contributed by atoms with E-state index in [-0.39, 0.29) is 12.5 Å². The van der Waals surface area contributed by atoms with Gasteiger partial charge in [0, 0.05) is 25.0 Å². The first-order valence-electron chi connectivity index (χ1n) is 10.5. The Morgan fingerprint density at radius 3 is 2.97 bits per heavy atom. The summed E-state index contributed by atoms with van der Waals surface area (Å²) in [5.74, 6) is 1.37. The third-order valence-corrected chi connectivity index (χ3v) is 6.36. The lowest BCUT2D eigenvalue weighted by Crippen LogP contribution is -2.43. The molecule has 0 bridgehead atoms. The standard InChI is InChI=1S/C21H24N6O4S/c1-30-18-15(31-11-13(28)10-26-6-2-7-26)4-3-14-17(18)24-21(27-8-5-23-19(14)27)25-20(29)16-9-22-12-32-16/h3-4,9,12-13,23,28H,2,5-8,10-11H2,1H3/t13-/m0/s1. The van der Waals surface area contributed by atoms with Gasteiger partial charge in [-0.15, -0.1) is 11.3 Å². The monoisotopic (exact) mass is 456 g/mol. The van der Waals surface area contributed by atoms with Gasteiger partial charge in [-0.2, -0.15) is 4.99 Å². The predicted octanol–water partition coefficient (Wildman–Crippen LogP) is 1.11. The number of aliphatic hydroxyl groups is 1. The molecule has 2 N–H and O–H groups in total. The number of hydrogen-bond acceptors (Lipinski definition) is 9. The highest BCUT2D eigenvalue weighted by atomic mass is 32.1. The third-order valence-electron chi connectivity index (χ3n) is 5.60. The molecular formula is C21H24N6O4S. The molecule has 5 rings (SSSR count). The highest BCUT2D eigenvalue weighted by Crippen LogP contribution is 2.37. The number of fused-ring (bicyclic) bond motifs is 3. The number of β-amino-alcohol motifs (C(OH)–C–C–N with tert-alkyl or cyclic N) is 1. The summed E-state index contributed by atoms with van der Waals surface area (Å²) in [6.45, 7) is 4.13. The van der Waals surface area contributed by atoms with Gasteiger partial charge in [-0.3, -0.25) is 14.3 Å². The van der Waals surface area contributed by atoms with E-state index < -0.39 is 6.10 Å². The first-order chi connectivity index (χ1) is 15.6. The zero-order valence-corrected chi connectivity index (χ0v) is 18.5. The van der Waals surface area contributed by atoms with Crippen LogP contribution in [0.15, 0.2) is 28.8 Å². The van der Waals surface area contributed by atoms with E-state index in [1.54, 1.807) is 12.6 Å². The predicted molar refractivity (Wildman–Crippen MR) is 119 cm³/mol. The number of nitrogens with one attached hydrogen (secondary N) is 1. The Kier molecular flexibility index (Phi) is 5.77. The first-order valence-corrected chi connectivity index (χ1v) is 11.4. The summed E-state index contributed by atoms with van der Waals surface area (Å²) in [7, 11) is 1.55. The molecule has 2 aliphatic rings. The van der Waals surface area contributed by atoms with Gasteiger partial charge in [0.25, 0.3) is 5.91 Å². The van der Waals surface area contributed by atoms with Crippen molar-refractivity contribution in [2.45, 2.75) is 19.1 Å². The van der Waals surface area contributed by atoms with Gasteiger partial charge in [-0.05, 0) is 31.6 Å². The highest BCUT2D eigenvalue weighted by molar-refractivity contribution is 7.11. The summed E-state index contributed by atoms with van der Waals surface area (Å²) in [6, 6.07) is 3.72. The van der Waals surface area contributed by atoms with E-state index in [0.717, 1.165) is 24.3 Å². The minimum absolute atomic E-state index is 0.150. The molecule has 10 nitrogen and oxygen atoms in total. The van der Waals surface area contributed by atoms with Crippen LogP contribution in [0.25, 0.3) is 10.9 Å². The molecule has 0 spiro atoms. The Hall–Kier alpha value is -3.02. The summed E-state index contributed by atoms with van der Waals surface area (Å²) < 4.78 is 13.4. The van der Waals surface area contributed by atoms with Crippen molar-refractivity contribution in [3.05, 3.63) is 34.3 Å². The second-order valence-electron chi connectivity index (χ2n) is 7.73. The number of nitrogens with zero attached hydrogens (tertiary/aromatic N) is 5. The van der Waals surface area contributed by atoms with Gasteiger partial charge in [0.2, 0.25) is 5.62 Å². The number of likely N-dealkylation sites (tertiary alicyclic amines) is 1. The number of aromatic nitrogens is 3. The lowest BCUT2D eigenvalue weighted by molar-refractivity contribution is 0.0461. The van der Waals surface area contributed by atoms with Crippen LogP contribution in [-0.2, 0) is 6.54 Å². The minimum Gasteiger partial charge on any atom is -0.491 e. The molecule has 1 saturated heterocycles. The van der Waals surface area contributed by atoms with Crippen molar-refractivity contribution >= 4 is 34.0 Å². The average molecular weight is 457 g/mol. The molecule has 1 fully saturated rings. The van der Waals surface area contributed by atoms with Crippen molar-refractivity contribution in [2.24, 2.45) is 4.99 Å². The molecule has 0 saturated carbocycles. The maximum Gasteiger partial charge on any atom is 0.291 e. The molecule has 3 aromatic rings. The summed E-state index contributed by atoms with van der Waals surface area (Å²) in [6.07, 6.45) is 2.08. The number of aliphatic hydroxyl groups excluding tert-OH is 1. The van der Waals surface area contributed by atoms with Gasteiger partial charge in [0.05, 0.1) is 18.8 Å². The van der Waals surface area contributed by atoms with Crippen LogP contribution in [-0.4, -0.2) is 76.4 Å². The molecule has 11 heteroatoms. The number of benzene rings is 1. The van der Waals surface area contributed by atoms with Crippen molar-refractivity contribution in [2.75, 3.05) is 45.2 Å². The number of carbonyl (C=O) groups excluding carboxylic acids is 1. The quantitative estimate of drug-likeness (QED) is 0.544. The minimum atomic E-state index is -0.594. The molecule has 2 aromatic heterocycles. The van der Waals surface area contributed by atoms with E-state index >= 15 is 0 Å². The van der Waals surface area contributed by atoms with Crippen LogP contribution >= 0.6 is 11.3 Å².